The minimum atomic E-state index is -1.42. The summed E-state index contributed by atoms with van der Waals surface area (Å²) >= 11 is 3.71. The van der Waals surface area contributed by atoms with Crippen LogP contribution in [0.2, 0.25) is 0 Å². The van der Waals surface area contributed by atoms with Gasteiger partial charge in [-0.15, -0.1) is 0 Å². The molecule has 1 atom stereocenters. The van der Waals surface area contributed by atoms with Crippen LogP contribution in [0.3, 0.4) is 0 Å². The molecule has 190 valence electrons. The van der Waals surface area contributed by atoms with E-state index < -0.39 is 5.60 Å². The number of halogens is 1. The van der Waals surface area contributed by atoms with Gasteiger partial charge in [-0.1, -0.05) is 119 Å². The molecule has 1 unspecified atom stereocenters. The van der Waals surface area contributed by atoms with E-state index in [1.807, 2.05) is 48.5 Å². The molecule has 1 N–H and O–H groups in total. The van der Waals surface area contributed by atoms with E-state index in [4.69, 9.17) is 4.42 Å². The maximum atomic E-state index is 13.3. The third-order valence-electron chi connectivity index (χ3n) is 8.20. The van der Waals surface area contributed by atoms with Crippen molar-refractivity contribution in [3.05, 3.63) is 155 Å². The smallest absolute Gasteiger partial charge is 0.142 e. The molecule has 1 heterocycles. The van der Waals surface area contributed by atoms with Crippen molar-refractivity contribution in [2.45, 2.75) is 5.60 Å². The van der Waals surface area contributed by atoms with Crippen molar-refractivity contribution < 1.29 is 9.52 Å². The second-order valence-electron chi connectivity index (χ2n) is 10.3. The van der Waals surface area contributed by atoms with Gasteiger partial charge in [0.25, 0.3) is 0 Å². The van der Waals surface area contributed by atoms with Gasteiger partial charge in [0.15, 0.2) is 0 Å². The van der Waals surface area contributed by atoms with E-state index in [9.17, 15) is 5.11 Å². The van der Waals surface area contributed by atoms with Gasteiger partial charge in [0.05, 0.1) is 0 Å². The van der Waals surface area contributed by atoms with E-state index in [2.05, 4.69) is 101 Å². The second-order valence-corrected chi connectivity index (χ2v) is 11.3. The maximum Gasteiger partial charge on any atom is 0.142 e. The van der Waals surface area contributed by atoms with E-state index in [-0.39, 0.29) is 0 Å². The molecule has 8 rings (SSSR count). The van der Waals surface area contributed by atoms with Crippen LogP contribution in [0.1, 0.15) is 16.7 Å². The average molecular weight is 579 g/mol. The quantitative estimate of drug-likeness (QED) is 0.221. The molecule has 0 radical (unpaired) electrons. The molecule has 3 heteroatoms. The molecule has 40 heavy (non-hydrogen) atoms. The molecule has 2 nitrogen and oxygen atoms in total. The number of furan rings is 1. The summed E-state index contributed by atoms with van der Waals surface area (Å²) in [5.41, 5.74) is 9.12. The summed E-state index contributed by atoms with van der Waals surface area (Å²) in [5, 5.41) is 15.4. The van der Waals surface area contributed by atoms with Gasteiger partial charge in [0.1, 0.15) is 16.8 Å². The topological polar surface area (TPSA) is 33.4 Å². The van der Waals surface area contributed by atoms with E-state index >= 15 is 0 Å². The zero-order valence-electron chi connectivity index (χ0n) is 21.4. The highest BCUT2D eigenvalue weighted by Crippen LogP contribution is 2.52. The Balaban J connectivity index is 1.46. The number of rotatable bonds is 2. The minimum Gasteiger partial charge on any atom is -0.456 e. The molecule has 1 aromatic heterocycles. The number of aliphatic hydroxyl groups is 1. The fourth-order valence-electron chi connectivity index (χ4n) is 6.42. The number of benzene rings is 6. The first-order valence-electron chi connectivity index (χ1n) is 13.4. The van der Waals surface area contributed by atoms with E-state index in [1.165, 1.54) is 0 Å². The predicted molar refractivity (Wildman–Crippen MR) is 166 cm³/mol. The Morgan fingerprint density at radius 3 is 1.82 bits per heavy atom. The number of hydrogen-bond acceptors (Lipinski definition) is 2. The molecule has 7 aromatic rings. The predicted octanol–water partition coefficient (Wildman–Crippen LogP) is 9.95. The second kappa shape index (κ2) is 8.79. The van der Waals surface area contributed by atoms with Crippen LogP contribution < -0.4 is 0 Å². The zero-order valence-corrected chi connectivity index (χ0v) is 23.0. The van der Waals surface area contributed by atoms with Crippen LogP contribution in [0.25, 0.3) is 55.3 Å². The lowest BCUT2D eigenvalue weighted by Gasteiger charge is -2.33. The Bertz CT molecular complexity index is 2100. The van der Waals surface area contributed by atoms with Gasteiger partial charge in [0.2, 0.25) is 0 Å². The van der Waals surface area contributed by atoms with Crippen LogP contribution in [0, 0.1) is 0 Å². The normalized spacial score (nSPS) is 15.8. The van der Waals surface area contributed by atoms with E-state index in [0.29, 0.717) is 0 Å². The van der Waals surface area contributed by atoms with Crippen LogP contribution in [0.4, 0.5) is 0 Å². The van der Waals surface area contributed by atoms with Crippen molar-refractivity contribution in [3.8, 4) is 33.4 Å². The zero-order chi connectivity index (χ0) is 26.8. The summed E-state index contributed by atoms with van der Waals surface area (Å²) in [6.07, 6.45) is 0. The summed E-state index contributed by atoms with van der Waals surface area (Å²) in [5.74, 6) is 0. The number of para-hydroxylation sites is 1. The Kier molecular flexibility index (Phi) is 5.15. The maximum absolute atomic E-state index is 13.3. The van der Waals surface area contributed by atoms with E-state index in [1.54, 1.807) is 0 Å². The third-order valence-corrected chi connectivity index (χ3v) is 8.69. The summed E-state index contributed by atoms with van der Waals surface area (Å²) < 4.78 is 7.04. The van der Waals surface area contributed by atoms with Gasteiger partial charge in [-0.3, -0.25) is 0 Å². The summed E-state index contributed by atoms with van der Waals surface area (Å²) in [6.45, 7) is 0. The van der Waals surface area contributed by atoms with Crippen molar-refractivity contribution >= 4 is 37.9 Å². The van der Waals surface area contributed by atoms with Crippen molar-refractivity contribution in [1.82, 2.24) is 0 Å². The van der Waals surface area contributed by atoms with Crippen LogP contribution in [-0.2, 0) is 5.60 Å². The number of hydrogen-bond donors (Lipinski definition) is 1. The highest BCUT2D eigenvalue weighted by molar-refractivity contribution is 9.10. The summed E-state index contributed by atoms with van der Waals surface area (Å²) in [6, 6.07) is 45.6. The molecule has 6 aromatic carbocycles. The lowest BCUT2D eigenvalue weighted by atomic mass is 9.75. The molecule has 1 aliphatic carbocycles. The lowest BCUT2D eigenvalue weighted by molar-refractivity contribution is 0.127. The van der Waals surface area contributed by atoms with E-state index in [0.717, 1.165) is 76.5 Å². The van der Waals surface area contributed by atoms with Crippen LogP contribution >= 0.6 is 15.9 Å². The molecule has 0 saturated carbocycles. The molecule has 0 spiro atoms. The molecule has 0 bridgehead atoms. The van der Waals surface area contributed by atoms with Gasteiger partial charge in [-0.25, -0.2) is 0 Å². The van der Waals surface area contributed by atoms with Gasteiger partial charge in [0, 0.05) is 31.9 Å². The fourth-order valence-corrected chi connectivity index (χ4v) is 6.78. The van der Waals surface area contributed by atoms with Crippen LogP contribution in [0.15, 0.2) is 142 Å². The largest absolute Gasteiger partial charge is 0.456 e. The van der Waals surface area contributed by atoms with Crippen molar-refractivity contribution in [3.63, 3.8) is 0 Å². The Hall–Kier alpha value is -4.44. The lowest BCUT2D eigenvalue weighted by Crippen LogP contribution is -2.30. The van der Waals surface area contributed by atoms with Gasteiger partial charge in [-0.2, -0.15) is 0 Å². The first-order chi connectivity index (χ1) is 19.6. The van der Waals surface area contributed by atoms with Gasteiger partial charge < -0.3 is 9.52 Å². The molecule has 0 aliphatic heterocycles. The minimum absolute atomic E-state index is 0.835. The first kappa shape index (κ1) is 23.4. The molecule has 0 saturated heterocycles. The molecule has 0 amide bonds. The average Bonchev–Trinajstić information content (AvgIpc) is 3.35. The SMILES string of the molecule is OC1(c2ccccc2-c2ccc3oc4ccccc4c3c2)c2ccccc2-c2ccccc2-c2ccc(Br)cc21. The standard InChI is InChI=1S/C37H23BrO2/c38-24-18-19-29-27-11-2-1-10-26(27)28-12-4-7-15-33(28)37(39,34(29)22-24)32-14-6-3-9-25(32)23-17-20-36-31(21-23)30-13-5-8-16-35(30)40-36/h1-22,39H. The highest BCUT2D eigenvalue weighted by atomic mass is 79.9. The first-order valence-corrected chi connectivity index (χ1v) is 14.1. The molecular formula is C37H23BrO2. The Morgan fingerprint density at radius 1 is 0.475 bits per heavy atom. The third kappa shape index (κ3) is 3.32. The molecule has 1 aliphatic rings. The van der Waals surface area contributed by atoms with Crippen molar-refractivity contribution in [2.75, 3.05) is 0 Å². The number of fused-ring (bicyclic) bond motifs is 8. The molecule has 0 fully saturated rings. The Morgan fingerprint density at radius 2 is 1.05 bits per heavy atom. The van der Waals surface area contributed by atoms with Gasteiger partial charge in [-0.05, 0) is 63.7 Å². The van der Waals surface area contributed by atoms with Gasteiger partial charge >= 0.3 is 0 Å². The molecular weight excluding hydrogens is 556 g/mol. The van der Waals surface area contributed by atoms with Crippen LogP contribution in [0.5, 0.6) is 0 Å². The summed E-state index contributed by atoms with van der Waals surface area (Å²) in [7, 11) is 0. The Labute approximate surface area is 240 Å². The van der Waals surface area contributed by atoms with Crippen LogP contribution in [-0.4, -0.2) is 5.11 Å². The van der Waals surface area contributed by atoms with Crippen molar-refractivity contribution in [1.29, 1.82) is 0 Å². The fraction of sp³-hybridized carbons (Fsp3) is 0.0270. The summed E-state index contributed by atoms with van der Waals surface area (Å²) in [4.78, 5) is 0. The van der Waals surface area contributed by atoms with Crippen molar-refractivity contribution in [2.24, 2.45) is 0 Å². The monoisotopic (exact) mass is 578 g/mol. The highest BCUT2D eigenvalue weighted by Gasteiger charge is 2.42.